The van der Waals surface area contributed by atoms with Gasteiger partial charge in [-0.15, -0.1) is 23.1 Å². The number of hydrogen-bond acceptors (Lipinski definition) is 5. The molecule has 1 atom stereocenters. The number of nitrogens with zero attached hydrogens (tertiary/aromatic N) is 2. The summed E-state index contributed by atoms with van der Waals surface area (Å²) in [7, 11) is 0. The SMILES string of the molecule is Cc1ncsc1C1SCC(=O)N1c1ccc(Cl)cc1O. The number of carbonyl (C=O) groups is 1. The molecule has 0 radical (unpaired) electrons. The maximum atomic E-state index is 12.2. The molecule has 2 heterocycles. The number of aromatic nitrogens is 1. The molecule has 1 saturated heterocycles. The van der Waals surface area contributed by atoms with Crippen molar-refractivity contribution in [2.75, 3.05) is 10.7 Å². The molecule has 0 spiro atoms. The van der Waals surface area contributed by atoms with Crippen molar-refractivity contribution in [2.45, 2.75) is 12.3 Å². The van der Waals surface area contributed by atoms with Gasteiger partial charge in [0.05, 0.1) is 27.5 Å². The number of thiazole rings is 1. The molecule has 1 fully saturated rings. The summed E-state index contributed by atoms with van der Waals surface area (Å²) < 4.78 is 0. The number of hydrogen-bond donors (Lipinski definition) is 1. The van der Waals surface area contributed by atoms with E-state index in [9.17, 15) is 9.90 Å². The standard InChI is InChI=1S/C13H11ClN2O2S2/c1-7-12(20-6-15-7)13-16(11(18)5-19-13)9-3-2-8(14)4-10(9)17/h2-4,6,13,17H,5H2,1H3. The van der Waals surface area contributed by atoms with Crippen molar-refractivity contribution in [3.63, 3.8) is 0 Å². The molecule has 4 nitrogen and oxygen atoms in total. The number of aryl methyl sites for hydroxylation is 1. The molecule has 1 aromatic heterocycles. The van der Waals surface area contributed by atoms with Gasteiger partial charge < -0.3 is 5.11 Å². The second-order valence-corrected chi connectivity index (χ2v) is 6.75. The van der Waals surface area contributed by atoms with E-state index in [-0.39, 0.29) is 17.0 Å². The van der Waals surface area contributed by atoms with Crippen molar-refractivity contribution in [1.82, 2.24) is 4.98 Å². The van der Waals surface area contributed by atoms with Gasteiger partial charge in [0.15, 0.2) is 0 Å². The molecule has 1 aliphatic rings. The second-order valence-electron chi connectivity index (χ2n) is 4.36. The average Bonchev–Trinajstić information content (AvgIpc) is 2.96. The smallest absolute Gasteiger partial charge is 0.238 e. The first-order chi connectivity index (χ1) is 9.58. The van der Waals surface area contributed by atoms with Crippen LogP contribution in [-0.2, 0) is 4.79 Å². The minimum Gasteiger partial charge on any atom is -0.506 e. The number of benzene rings is 1. The Labute approximate surface area is 129 Å². The first kappa shape index (κ1) is 13.7. The van der Waals surface area contributed by atoms with Gasteiger partial charge in [-0.3, -0.25) is 9.69 Å². The molecule has 2 aromatic rings. The molecule has 20 heavy (non-hydrogen) atoms. The van der Waals surface area contributed by atoms with E-state index < -0.39 is 0 Å². The third-order valence-electron chi connectivity index (χ3n) is 3.07. The molecule has 0 saturated carbocycles. The van der Waals surface area contributed by atoms with Crippen molar-refractivity contribution in [3.05, 3.63) is 39.3 Å². The van der Waals surface area contributed by atoms with Crippen LogP contribution < -0.4 is 4.90 Å². The van der Waals surface area contributed by atoms with E-state index in [4.69, 9.17) is 11.6 Å². The van der Waals surface area contributed by atoms with Crippen LogP contribution in [0.5, 0.6) is 5.75 Å². The predicted molar refractivity (Wildman–Crippen MR) is 82.7 cm³/mol. The Morgan fingerprint density at radius 3 is 2.95 bits per heavy atom. The zero-order valence-corrected chi connectivity index (χ0v) is 12.9. The lowest BCUT2D eigenvalue weighted by Gasteiger charge is -2.24. The maximum Gasteiger partial charge on any atom is 0.238 e. The molecular formula is C13H11ClN2O2S2. The Balaban J connectivity index is 2.05. The van der Waals surface area contributed by atoms with Gasteiger partial charge in [-0.1, -0.05) is 11.6 Å². The number of aromatic hydroxyl groups is 1. The Kier molecular flexibility index (Phi) is 3.62. The van der Waals surface area contributed by atoms with E-state index >= 15 is 0 Å². The van der Waals surface area contributed by atoms with Gasteiger partial charge in [-0.25, -0.2) is 4.98 Å². The number of anilines is 1. The number of carbonyl (C=O) groups excluding carboxylic acids is 1. The Hall–Kier alpha value is -1.24. The predicted octanol–water partition coefficient (Wildman–Crippen LogP) is 3.59. The topological polar surface area (TPSA) is 53.4 Å². The normalized spacial score (nSPS) is 18.8. The van der Waals surface area contributed by atoms with E-state index in [0.29, 0.717) is 16.5 Å². The lowest BCUT2D eigenvalue weighted by Crippen LogP contribution is -2.27. The second kappa shape index (κ2) is 5.27. The number of phenolic OH excluding ortho intramolecular Hbond substituents is 1. The molecule has 1 unspecified atom stereocenters. The van der Waals surface area contributed by atoms with Crippen LogP contribution >= 0.6 is 34.7 Å². The number of phenols is 1. The minimum atomic E-state index is -0.137. The fourth-order valence-corrected chi connectivity index (χ4v) is 4.58. The van der Waals surface area contributed by atoms with Crippen LogP contribution in [0.1, 0.15) is 15.9 Å². The minimum absolute atomic E-state index is 0.0144. The molecule has 1 N–H and O–H groups in total. The molecule has 1 aromatic carbocycles. The van der Waals surface area contributed by atoms with Crippen LogP contribution in [0.15, 0.2) is 23.7 Å². The molecule has 7 heteroatoms. The lowest BCUT2D eigenvalue weighted by molar-refractivity contribution is -0.115. The van der Waals surface area contributed by atoms with Crippen molar-refractivity contribution in [3.8, 4) is 5.75 Å². The molecule has 1 amide bonds. The van der Waals surface area contributed by atoms with Gasteiger partial charge in [-0.2, -0.15) is 0 Å². The third kappa shape index (κ3) is 2.28. The van der Waals surface area contributed by atoms with Crippen LogP contribution in [0.25, 0.3) is 0 Å². The van der Waals surface area contributed by atoms with Crippen LogP contribution in [0.4, 0.5) is 5.69 Å². The van der Waals surface area contributed by atoms with Crippen molar-refractivity contribution in [1.29, 1.82) is 0 Å². The highest BCUT2D eigenvalue weighted by Crippen LogP contribution is 2.46. The van der Waals surface area contributed by atoms with Crippen LogP contribution in [-0.4, -0.2) is 21.8 Å². The summed E-state index contributed by atoms with van der Waals surface area (Å²) in [6.45, 7) is 1.93. The fourth-order valence-electron chi connectivity index (χ4n) is 2.13. The highest BCUT2D eigenvalue weighted by molar-refractivity contribution is 8.01. The fraction of sp³-hybridized carbons (Fsp3) is 0.231. The molecule has 0 bridgehead atoms. The van der Waals surface area contributed by atoms with Gasteiger partial charge in [0.1, 0.15) is 11.1 Å². The monoisotopic (exact) mass is 326 g/mol. The maximum absolute atomic E-state index is 12.2. The molecule has 0 aliphatic carbocycles. The van der Waals surface area contributed by atoms with E-state index in [1.54, 1.807) is 34.3 Å². The number of halogens is 1. The summed E-state index contributed by atoms with van der Waals surface area (Å²) in [6, 6.07) is 4.79. The van der Waals surface area contributed by atoms with E-state index in [1.165, 1.54) is 17.4 Å². The highest BCUT2D eigenvalue weighted by atomic mass is 35.5. The van der Waals surface area contributed by atoms with Gasteiger partial charge in [0.2, 0.25) is 5.91 Å². The first-order valence-corrected chi connectivity index (χ1v) is 8.20. The third-order valence-corrected chi connectivity index (χ3v) is 5.62. The first-order valence-electron chi connectivity index (χ1n) is 5.90. The summed E-state index contributed by atoms with van der Waals surface area (Å²) >= 11 is 8.91. The van der Waals surface area contributed by atoms with Crippen molar-refractivity contribution >= 4 is 46.3 Å². The van der Waals surface area contributed by atoms with Gasteiger partial charge in [0.25, 0.3) is 0 Å². The summed E-state index contributed by atoms with van der Waals surface area (Å²) in [5, 5.41) is 10.4. The van der Waals surface area contributed by atoms with Crippen LogP contribution in [0, 0.1) is 6.92 Å². The Morgan fingerprint density at radius 1 is 1.50 bits per heavy atom. The van der Waals surface area contributed by atoms with Gasteiger partial charge in [0, 0.05) is 11.1 Å². The zero-order chi connectivity index (χ0) is 14.3. The molecule has 104 valence electrons. The Bertz CT molecular complexity index is 674. The van der Waals surface area contributed by atoms with E-state index in [0.717, 1.165) is 10.6 Å². The van der Waals surface area contributed by atoms with Gasteiger partial charge in [-0.05, 0) is 19.1 Å². The number of amides is 1. The van der Waals surface area contributed by atoms with Gasteiger partial charge >= 0.3 is 0 Å². The molecule has 3 rings (SSSR count). The summed E-state index contributed by atoms with van der Waals surface area (Å²) in [5.41, 5.74) is 3.18. The number of thioether (sulfide) groups is 1. The largest absolute Gasteiger partial charge is 0.506 e. The van der Waals surface area contributed by atoms with E-state index in [2.05, 4.69) is 4.98 Å². The van der Waals surface area contributed by atoms with Crippen LogP contribution in [0.3, 0.4) is 0 Å². The van der Waals surface area contributed by atoms with Crippen molar-refractivity contribution in [2.24, 2.45) is 0 Å². The quantitative estimate of drug-likeness (QED) is 0.916. The summed E-state index contributed by atoms with van der Waals surface area (Å²) in [6.07, 6.45) is 0. The van der Waals surface area contributed by atoms with E-state index in [1.807, 2.05) is 6.92 Å². The Morgan fingerprint density at radius 2 is 2.30 bits per heavy atom. The zero-order valence-electron chi connectivity index (χ0n) is 10.5. The average molecular weight is 327 g/mol. The molecule has 1 aliphatic heterocycles. The number of rotatable bonds is 2. The molecular weight excluding hydrogens is 316 g/mol. The van der Waals surface area contributed by atoms with Crippen molar-refractivity contribution < 1.29 is 9.90 Å². The highest BCUT2D eigenvalue weighted by Gasteiger charge is 2.37. The summed E-state index contributed by atoms with van der Waals surface area (Å²) in [5.74, 6) is 0.385. The lowest BCUT2D eigenvalue weighted by atomic mass is 10.2. The summed E-state index contributed by atoms with van der Waals surface area (Å²) in [4.78, 5) is 19.1. The van der Waals surface area contributed by atoms with Crippen LogP contribution in [0.2, 0.25) is 5.02 Å².